The Bertz CT molecular complexity index is 934. The van der Waals surface area contributed by atoms with E-state index in [9.17, 15) is 4.79 Å². The molecule has 0 spiro atoms. The predicted molar refractivity (Wildman–Crippen MR) is 73.5 cm³/mol. The van der Waals surface area contributed by atoms with Crippen LogP contribution in [0.1, 0.15) is 17.0 Å². The SMILES string of the molecule is O=c1[nH]c2nc3c(nn2/c1=C/c1cccs1)CCC=3. The van der Waals surface area contributed by atoms with E-state index < -0.39 is 0 Å². The smallest absolute Gasteiger partial charge is 0.276 e. The third-order valence-corrected chi connectivity index (χ3v) is 3.99. The first kappa shape index (κ1) is 10.7. The van der Waals surface area contributed by atoms with Crippen molar-refractivity contribution >= 4 is 29.3 Å². The summed E-state index contributed by atoms with van der Waals surface area (Å²) in [6.07, 6.45) is 5.76. The Kier molecular flexibility index (Phi) is 2.19. The van der Waals surface area contributed by atoms with Gasteiger partial charge in [0.15, 0.2) is 0 Å². The fraction of sp³-hybridized carbons (Fsp3) is 0.154. The molecule has 0 bridgehead atoms. The Morgan fingerprint density at radius 3 is 3.26 bits per heavy atom. The van der Waals surface area contributed by atoms with Crippen LogP contribution in [0.5, 0.6) is 0 Å². The Morgan fingerprint density at radius 2 is 2.42 bits per heavy atom. The Labute approximate surface area is 111 Å². The Balaban J connectivity index is 2.10. The first-order chi connectivity index (χ1) is 9.31. The number of H-pyrrole nitrogens is 1. The molecule has 6 heteroatoms. The average molecular weight is 270 g/mol. The highest BCUT2D eigenvalue weighted by Gasteiger charge is 2.10. The first-order valence-corrected chi connectivity index (χ1v) is 6.92. The normalized spacial score (nSPS) is 14.8. The zero-order valence-corrected chi connectivity index (χ0v) is 10.8. The van der Waals surface area contributed by atoms with Crippen LogP contribution in [0.4, 0.5) is 0 Å². The van der Waals surface area contributed by atoms with E-state index in [4.69, 9.17) is 0 Å². The van der Waals surface area contributed by atoms with E-state index in [0.717, 1.165) is 28.8 Å². The zero-order valence-electron chi connectivity index (χ0n) is 9.96. The van der Waals surface area contributed by atoms with Gasteiger partial charge in [-0.25, -0.2) is 4.98 Å². The van der Waals surface area contributed by atoms with Gasteiger partial charge in [0.2, 0.25) is 5.78 Å². The highest BCUT2D eigenvalue weighted by molar-refractivity contribution is 7.10. The topological polar surface area (TPSA) is 63.0 Å². The van der Waals surface area contributed by atoms with Crippen LogP contribution in [0, 0.1) is 0 Å². The third-order valence-electron chi connectivity index (χ3n) is 3.17. The summed E-state index contributed by atoms with van der Waals surface area (Å²) < 4.78 is 1.61. The molecular formula is C13H10N4OS. The second-order valence-corrected chi connectivity index (χ2v) is 5.40. The molecule has 1 N–H and O–H groups in total. The number of aromatic nitrogens is 4. The van der Waals surface area contributed by atoms with Crippen molar-refractivity contribution < 1.29 is 0 Å². The number of fused-ring (bicyclic) bond motifs is 2. The Morgan fingerprint density at radius 1 is 1.47 bits per heavy atom. The van der Waals surface area contributed by atoms with E-state index >= 15 is 0 Å². The predicted octanol–water partition coefficient (Wildman–Crippen LogP) is 0.0346. The summed E-state index contributed by atoms with van der Waals surface area (Å²) in [5.74, 6) is 0.504. The molecule has 0 atom stereocenters. The standard InChI is InChI=1S/C13H10N4OS/c18-12-11(7-8-3-2-6-19-8)17-13(15-12)14-9-4-1-5-10(9)16-17/h2-4,6-7H,1,5H2,(H,14,15,18)/b11-7+. The van der Waals surface area contributed by atoms with Crippen LogP contribution < -0.4 is 16.3 Å². The Hall–Kier alpha value is -2.21. The molecule has 0 amide bonds. The molecule has 0 aromatic carbocycles. The first-order valence-electron chi connectivity index (χ1n) is 6.05. The number of thiophene rings is 1. The van der Waals surface area contributed by atoms with Gasteiger partial charge in [-0.1, -0.05) is 12.1 Å². The van der Waals surface area contributed by atoms with Crippen molar-refractivity contribution in [1.29, 1.82) is 0 Å². The minimum atomic E-state index is -0.155. The number of hydrogen-bond donors (Lipinski definition) is 1. The molecule has 19 heavy (non-hydrogen) atoms. The molecule has 0 saturated heterocycles. The van der Waals surface area contributed by atoms with E-state index in [2.05, 4.69) is 21.1 Å². The summed E-state index contributed by atoms with van der Waals surface area (Å²) in [6.45, 7) is 0. The fourth-order valence-corrected chi connectivity index (χ4v) is 2.93. The summed E-state index contributed by atoms with van der Waals surface area (Å²) in [5, 5.41) is 7.92. The maximum Gasteiger partial charge on any atom is 0.276 e. The van der Waals surface area contributed by atoms with Crippen LogP contribution in [0.15, 0.2) is 22.3 Å². The molecule has 5 nitrogen and oxygen atoms in total. The van der Waals surface area contributed by atoms with E-state index in [1.54, 1.807) is 15.9 Å². The molecule has 4 rings (SSSR count). The lowest BCUT2D eigenvalue weighted by atomic mass is 10.3. The summed E-state index contributed by atoms with van der Waals surface area (Å²) in [5.41, 5.74) is 0.800. The van der Waals surface area contributed by atoms with Crippen molar-refractivity contribution in [1.82, 2.24) is 19.6 Å². The number of nitrogens with one attached hydrogen (secondary N) is 1. The van der Waals surface area contributed by atoms with Crippen molar-refractivity contribution in [3.63, 3.8) is 0 Å². The molecule has 0 aliphatic heterocycles. The van der Waals surface area contributed by atoms with Crippen LogP contribution in [0.25, 0.3) is 17.9 Å². The number of aromatic amines is 1. The van der Waals surface area contributed by atoms with E-state index in [1.165, 1.54) is 0 Å². The molecule has 3 heterocycles. The number of nitrogens with zero attached hydrogens (tertiary/aromatic N) is 3. The quantitative estimate of drug-likeness (QED) is 0.679. The van der Waals surface area contributed by atoms with Gasteiger partial charge in [-0.3, -0.25) is 9.78 Å². The molecule has 94 valence electrons. The van der Waals surface area contributed by atoms with Gasteiger partial charge in [0.1, 0.15) is 5.35 Å². The molecule has 0 radical (unpaired) electrons. The van der Waals surface area contributed by atoms with Crippen LogP contribution in [-0.2, 0) is 6.42 Å². The van der Waals surface area contributed by atoms with Crippen molar-refractivity contribution in [3.05, 3.63) is 49.1 Å². The van der Waals surface area contributed by atoms with Crippen LogP contribution >= 0.6 is 11.3 Å². The maximum absolute atomic E-state index is 12.0. The molecule has 0 saturated carbocycles. The maximum atomic E-state index is 12.0. The number of imidazole rings is 1. The molecule has 3 aromatic heterocycles. The van der Waals surface area contributed by atoms with Crippen molar-refractivity contribution in [3.8, 4) is 0 Å². The highest BCUT2D eigenvalue weighted by Crippen LogP contribution is 2.08. The monoisotopic (exact) mass is 270 g/mol. The van der Waals surface area contributed by atoms with Gasteiger partial charge < -0.3 is 0 Å². The fourth-order valence-electron chi connectivity index (χ4n) is 2.28. The molecular weight excluding hydrogens is 260 g/mol. The highest BCUT2D eigenvalue weighted by atomic mass is 32.1. The third kappa shape index (κ3) is 1.64. The van der Waals surface area contributed by atoms with E-state index in [1.807, 2.05) is 23.6 Å². The molecule has 0 fully saturated rings. The van der Waals surface area contributed by atoms with Gasteiger partial charge in [-0.15, -0.1) is 11.3 Å². The summed E-state index contributed by atoms with van der Waals surface area (Å²) in [4.78, 5) is 20.2. The van der Waals surface area contributed by atoms with Crippen molar-refractivity contribution in [2.75, 3.05) is 0 Å². The summed E-state index contributed by atoms with van der Waals surface area (Å²) in [6, 6.07) is 3.93. The number of hydrogen-bond acceptors (Lipinski definition) is 4. The van der Waals surface area contributed by atoms with Crippen molar-refractivity contribution in [2.45, 2.75) is 12.8 Å². The minimum absolute atomic E-state index is 0.155. The second kappa shape index (κ2) is 3.89. The van der Waals surface area contributed by atoms with Gasteiger partial charge in [-0.2, -0.15) is 9.61 Å². The molecule has 3 aromatic rings. The number of aryl methyl sites for hydroxylation is 1. The van der Waals surface area contributed by atoms with Gasteiger partial charge in [0.25, 0.3) is 5.56 Å². The average Bonchev–Trinajstić information content (AvgIpc) is 3.10. The van der Waals surface area contributed by atoms with Crippen LogP contribution in [-0.4, -0.2) is 19.6 Å². The zero-order chi connectivity index (χ0) is 12.8. The summed E-state index contributed by atoms with van der Waals surface area (Å²) in [7, 11) is 0. The van der Waals surface area contributed by atoms with Gasteiger partial charge in [0.05, 0.1) is 11.0 Å². The number of rotatable bonds is 1. The van der Waals surface area contributed by atoms with E-state index in [0.29, 0.717) is 11.1 Å². The largest absolute Gasteiger partial charge is 0.289 e. The lowest BCUT2D eigenvalue weighted by Gasteiger charge is -1.95. The lowest BCUT2D eigenvalue weighted by molar-refractivity contribution is 0.808. The molecule has 1 aliphatic carbocycles. The summed E-state index contributed by atoms with van der Waals surface area (Å²) >= 11 is 1.59. The van der Waals surface area contributed by atoms with Gasteiger partial charge in [0, 0.05) is 4.88 Å². The van der Waals surface area contributed by atoms with Crippen LogP contribution in [0.3, 0.4) is 0 Å². The van der Waals surface area contributed by atoms with Gasteiger partial charge in [-0.05, 0) is 30.4 Å². The molecule has 0 unspecified atom stereocenters. The lowest BCUT2D eigenvalue weighted by Crippen LogP contribution is -2.28. The second-order valence-electron chi connectivity index (χ2n) is 4.42. The molecule has 1 aliphatic rings. The van der Waals surface area contributed by atoms with Crippen molar-refractivity contribution in [2.24, 2.45) is 0 Å². The van der Waals surface area contributed by atoms with Gasteiger partial charge >= 0.3 is 0 Å². The minimum Gasteiger partial charge on any atom is -0.289 e. The van der Waals surface area contributed by atoms with Crippen LogP contribution in [0.2, 0.25) is 0 Å². The van der Waals surface area contributed by atoms with E-state index in [-0.39, 0.29) is 5.56 Å².